The molecule has 1 atom stereocenters. The molecule has 2 aromatic rings. The molecule has 0 spiro atoms. The van der Waals surface area contributed by atoms with E-state index >= 15 is 0 Å². The highest BCUT2D eigenvalue weighted by Crippen LogP contribution is 2.31. The minimum atomic E-state index is -0.555. The van der Waals surface area contributed by atoms with E-state index in [4.69, 9.17) is 4.74 Å². The molecule has 1 N–H and O–H groups in total. The summed E-state index contributed by atoms with van der Waals surface area (Å²) in [5, 5.41) is 20.2. The number of nitro benzene ring substituents is 1. The van der Waals surface area contributed by atoms with Crippen LogP contribution in [0.15, 0.2) is 48.5 Å². The molecule has 5 heteroatoms. The van der Waals surface area contributed by atoms with E-state index in [2.05, 4.69) is 0 Å². The number of benzene rings is 2. The van der Waals surface area contributed by atoms with E-state index in [1.54, 1.807) is 49.4 Å². The molecular weight excluding hydrogens is 246 g/mol. The van der Waals surface area contributed by atoms with Gasteiger partial charge in [-0.25, -0.2) is 0 Å². The van der Waals surface area contributed by atoms with Crippen molar-refractivity contribution in [1.82, 2.24) is 0 Å². The van der Waals surface area contributed by atoms with E-state index in [1.165, 1.54) is 6.07 Å². The van der Waals surface area contributed by atoms with Crippen LogP contribution >= 0.6 is 0 Å². The quantitative estimate of drug-likeness (QED) is 0.674. The number of hydrogen-bond donors (Lipinski definition) is 1. The van der Waals surface area contributed by atoms with Crippen molar-refractivity contribution in [2.24, 2.45) is 0 Å². The lowest BCUT2D eigenvalue weighted by molar-refractivity contribution is -0.385. The molecule has 1 unspecified atom stereocenters. The molecule has 0 saturated heterocycles. The molecule has 0 heterocycles. The number of aliphatic hydroxyl groups excluding tert-OH is 1. The number of para-hydroxylation sites is 2. The van der Waals surface area contributed by atoms with Crippen LogP contribution in [0.5, 0.6) is 11.5 Å². The van der Waals surface area contributed by atoms with Gasteiger partial charge >= 0.3 is 5.69 Å². The van der Waals surface area contributed by atoms with E-state index in [0.29, 0.717) is 5.75 Å². The summed E-state index contributed by atoms with van der Waals surface area (Å²) in [6.45, 7) is 1.66. The zero-order valence-corrected chi connectivity index (χ0v) is 10.3. The molecule has 19 heavy (non-hydrogen) atoms. The van der Waals surface area contributed by atoms with Gasteiger partial charge in [0.05, 0.1) is 11.0 Å². The fraction of sp³-hybridized carbons (Fsp3) is 0.143. The first-order chi connectivity index (χ1) is 9.08. The van der Waals surface area contributed by atoms with Crippen LogP contribution in [-0.2, 0) is 0 Å². The highest BCUT2D eigenvalue weighted by molar-refractivity contribution is 5.48. The van der Waals surface area contributed by atoms with Crippen LogP contribution in [-0.4, -0.2) is 10.0 Å². The lowest BCUT2D eigenvalue weighted by Crippen LogP contribution is -1.94. The lowest BCUT2D eigenvalue weighted by atomic mass is 10.1. The Balaban J connectivity index is 2.24. The van der Waals surface area contributed by atoms with Crippen molar-refractivity contribution in [2.75, 3.05) is 0 Å². The molecule has 0 aliphatic rings. The van der Waals surface area contributed by atoms with Gasteiger partial charge in [-0.3, -0.25) is 10.1 Å². The van der Waals surface area contributed by atoms with Crippen LogP contribution in [0.2, 0.25) is 0 Å². The fourth-order valence-corrected chi connectivity index (χ4v) is 1.64. The number of hydrogen-bond acceptors (Lipinski definition) is 4. The van der Waals surface area contributed by atoms with Crippen molar-refractivity contribution in [3.8, 4) is 11.5 Å². The van der Waals surface area contributed by atoms with Crippen molar-refractivity contribution in [1.29, 1.82) is 0 Å². The van der Waals surface area contributed by atoms with Crippen LogP contribution in [0.1, 0.15) is 18.6 Å². The molecular formula is C14H13NO4. The Labute approximate surface area is 110 Å². The summed E-state index contributed by atoms with van der Waals surface area (Å²) in [5.74, 6) is 0.677. The summed E-state index contributed by atoms with van der Waals surface area (Å²) in [5.41, 5.74) is 0.678. The molecule has 0 amide bonds. The van der Waals surface area contributed by atoms with Gasteiger partial charge in [0.25, 0.3) is 0 Å². The summed E-state index contributed by atoms with van der Waals surface area (Å²) >= 11 is 0. The SMILES string of the molecule is CC(O)c1ccc(Oc2ccccc2[N+](=O)[O-])cc1. The third-order valence-corrected chi connectivity index (χ3v) is 2.65. The molecule has 0 aliphatic heterocycles. The molecule has 0 aromatic heterocycles. The van der Waals surface area contributed by atoms with Crippen molar-refractivity contribution in [3.05, 3.63) is 64.2 Å². The smallest absolute Gasteiger partial charge is 0.311 e. The largest absolute Gasteiger partial charge is 0.450 e. The third kappa shape index (κ3) is 3.08. The summed E-state index contributed by atoms with van der Waals surface area (Å²) in [4.78, 5) is 10.4. The first-order valence-corrected chi connectivity index (χ1v) is 5.77. The number of nitrogens with zero attached hydrogens (tertiary/aromatic N) is 1. The maximum Gasteiger partial charge on any atom is 0.311 e. The van der Waals surface area contributed by atoms with Crippen molar-refractivity contribution < 1.29 is 14.8 Å². The molecule has 0 radical (unpaired) electrons. The van der Waals surface area contributed by atoms with Gasteiger partial charge in [-0.2, -0.15) is 0 Å². The van der Waals surface area contributed by atoms with E-state index in [9.17, 15) is 15.2 Å². The van der Waals surface area contributed by atoms with E-state index in [-0.39, 0.29) is 11.4 Å². The van der Waals surface area contributed by atoms with Crippen LogP contribution in [0.25, 0.3) is 0 Å². The summed E-state index contributed by atoms with van der Waals surface area (Å²) in [6, 6.07) is 13.0. The standard InChI is InChI=1S/C14H13NO4/c1-10(16)11-6-8-12(9-7-11)19-14-5-3-2-4-13(14)15(17)18/h2-10,16H,1H3. The van der Waals surface area contributed by atoms with Gasteiger partial charge in [0.1, 0.15) is 5.75 Å². The normalized spacial score (nSPS) is 11.9. The number of rotatable bonds is 4. The van der Waals surface area contributed by atoms with Crippen LogP contribution < -0.4 is 4.74 Å². The predicted molar refractivity (Wildman–Crippen MR) is 70.2 cm³/mol. The highest BCUT2D eigenvalue weighted by atomic mass is 16.6. The molecule has 2 aromatic carbocycles. The molecule has 0 fully saturated rings. The lowest BCUT2D eigenvalue weighted by Gasteiger charge is -2.08. The van der Waals surface area contributed by atoms with Crippen molar-refractivity contribution >= 4 is 5.69 Å². The minimum Gasteiger partial charge on any atom is -0.450 e. The highest BCUT2D eigenvalue weighted by Gasteiger charge is 2.14. The van der Waals surface area contributed by atoms with Gasteiger partial charge in [0, 0.05) is 6.07 Å². The zero-order chi connectivity index (χ0) is 13.8. The predicted octanol–water partition coefficient (Wildman–Crippen LogP) is 3.44. The summed E-state index contributed by atoms with van der Waals surface area (Å²) < 4.78 is 5.48. The van der Waals surface area contributed by atoms with Gasteiger partial charge in [-0.1, -0.05) is 24.3 Å². The maximum atomic E-state index is 10.8. The van der Waals surface area contributed by atoms with Crippen molar-refractivity contribution in [3.63, 3.8) is 0 Å². The Hall–Kier alpha value is -2.40. The van der Waals surface area contributed by atoms with Gasteiger partial charge in [-0.05, 0) is 30.7 Å². The second kappa shape index (κ2) is 5.49. The van der Waals surface area contributed by atoms with Crippen molar-refractivity contribution in [2.45, 2.75) is 13.0 Å². The monoisotopic (exact) mass is 259 g/mol. The Kier molecular flexibility index (Phi) is 3.77. The van der Waals surface area contributed by atoms with Gasteiger partial charge in [0.15, 0.2) is 0 Å². The fourth-order valence-electron chi connectivity index (χ4n) is 1.64. The second-order valence-electron chi connectivity index (χ2n) is 4.07. The summed E-state index contributed by atoms with van der Waals surface area (Å²) in [6.07, 6.45) is -0.555. The van der Waals surface area contributed by atoms with Gasteiger partial charge in [0.2, 0.25) is 5.75 Å². The molecule has 0 saturated carbocycles. The average molecular weight is 259 g/mol. The number of ether oxygens (including phenoxy) is 1. The van der Waals surface area contributed by atoms with Crippen LogP contribution in [0.4, 0.5) is 5.69 Å². The second-order valence-corrected chi connectivity index (χ2v) is 4.07. The minimum absolute atomic E-state index is 0.0814. The molecule has 0 aliphatic carbocycles. The first-order valence-electron chi connectivity index (χ1n) is 5.77. The Morgan fingerprint density at radius 1 is 1.16 bits per heavy atom. The molecule has 5 nitrogen and oxygen atoms in total. The van der Waals surface area contributed by atoms with Crippen LogP contribution in [0, 0.1) is 10.1 Å². The molecule has 98 valence electrons. The topological polar surface area (TPSA) is 72.6 Å². The zero-order valence-electron chi connectivity index (χ0n) is 10.3. The van der Waals surface area contributed by atoms with E-state index < -0.39 is 11.0 Å². The average Bonchev–Trinajstić information content (AvgIpc) is 2.39. The van der Waals surface area contributed by atoms with E-state index in [0.717, 1.165) is 5.56 Å². The molecule has 0 bridgehead atoms. The maximum absolute atomic E-state index is 10.8. The third-order valence-electron chi connectivity index (χ3n) is 2.65. The summed E-state index contributed by atoms with van der Waals surface area (Å²) in [7, 11) is 0. The number of aliphatic hydroxyl groups is 1. The first kappa shape index (κ1) is 13.0. The Morgan fingerprint density at radius 2 is 1.79 bits per heavy atom. The van der Waals surface area contributed by atoms with E-state index in [1.807, 2.05) is 0 Å². The number of nitro groups is 1. The van der Waals surface area contributed by atoms with Gasteiger partial charge < -0.3 is 9.84 Å². The van der Waals surface area contributed by atoms with Crippen LogP contribution in [0.3, 0.4) is 0 Å². The van der Waals surface area contributed by atoms with Gasteiger partial charge in [-0.15, -0.1) is 0 Å². The Bertz CT molecular complexity index is 578. The molecule has 2 rings (SSSR count). The Morgan fingerprint density at radius 3 is 2.37 bits per heavy atom.